The second kappa shape index (κ2) is 9.28. The third kappa shape index (κ3) is 4.63. The van der Waals surface area contributed by atoms with E-state index in [1.165, 1.54) is 22.9 Å². The molecule has 6 nitrogen and oxygen atoms in total. The molecule has 0 saturated carbocycles. The molecule has 1 N–H and O–H groups in total. The van der Waals surface area contributed by atoms with Gasteiger partial charge in [-0.3, -0.25) is 4.79 Å². The first-order valence-corrected chi connectivity index (χ1v) is 11.9. The number of amides is 1. The summed E-state index contributed by atoms with van der Waals surface area (Å²) in [4.78, 5) is 17.4. The van der Waals surface area contributed by atoms with E-state index in [2.05, 4.69) is 71.2 Å². The van der Waals surface area contributed by atoms with Gasteiger partial charge >= 0.3 is 0 Å². The summed E-state index contributed by atoms with van der Waals surface area (Å²) in [6.07, 6.45) is 0. The molecule has 0 aliphatic heterocycles. The predicted octanol–water partition coefficient (Wildman–Crippen LogP) is 4.98. The van der Waals surface area contributed by atoms with E-state index >= 15 is 0 Å². The van der Waals surface area contributed by atoms with E-state index < -0.39 is 0 Å². The van der Waals surface area contributed by atoms with Crippen molar-refractivity contribution < 1.29 is 4.79 Å². The number of benzene rings is 2. The van der Waals surface area contributed by atoms with E-state index in [4.69, 9.17) is 4.98 Å². The molecule has 4 aromatic rings. The number of hydrogen-bond acceptors (Lipinski definition) is 5. The third-order valence-corrected chi connectivity index (χ3v) is 6.76. The van der Waals surface area contributed by atoms with Crippen LogP contribution >= 0.6 is 11.8 Å². The Hall–Kier alpha value is -2.93. The summed E-state index contributed by atoms with van der Waals surface area (Å²) in [5.41, 5.74) is 5.01. The molecular weight excluding hydrogens is 418 g/mol. The lowest BCUT2D eigenvalue weighted by Crippen LogP contribution is -2.40. The van der Waals surface area contributed by atoms with Gasteiger partial charge in [-0.1, -0.05) is 67.6 Å². The molecule has 0 spiro atoms. The maximum absolute atomic E-state index is 12.6. The zero-order chi connectivity index (χ0) is 22.8. The molecule has 7 heteroatoms. The van der Waals surface area contributed by atoms with Crippen molar-refractivity contribution in [2.45, 2.75) is 57.6 Å². The molecule has 2 heterocycles. The van der Waals surface area contributed by atoms with Crippen molar-refractivity contribution in [1.29, 1.82) is 0 Å². The van der Waals surface area contributed by atoms with Crippen molar-refractivity contribution in [2.24, 2.45) is 5.92 Å². The molecule has 32 heavy (non-hydrogen) atoms. The predicted molar refractivity (Wildman–Crippen MR) is 131 cm³/mol. The second-order valence-electron chi connectivity index (χ2n) is 8.66. The minimum atomic E-state index is -0.315. The number of nitrogens with zero attached hydrogens (tertiary/aromatic N) is 4. The van der Waals surface area contributed by atoms with Crippen LogP contribution in [0.5, 0.6) is 0 Å². The van der Waals surface area contributed by atoms with Gasteiger partial charge in [0.25, 0.3) is 0 Å². The summed E-state index contributed by atoms with van der Waals surface area (Å²) in [7, 11) is 0. The zero-order valence-corrected chi connectivity index (χ0v) is 20.0. The lowest BCUT2D eigenvalue weighted by Gasteiger charge is -2.19. The molecule has 2 atom stereocenters. The Morgan fingerprint density at radius 3 is 2.53 bits per heavy atom. The number of aryl methyl sites for hydroxylation is 1. The molecule has 0 bridgehead atoms. The van der Waals surface area contributed by atoms with Crippen LogP contribution in [0.15, 0.2) is 53.7 Å². The monoisotopic (exact) mass is 447 g/mol. The van der Waals surface area contributed by atoms with Crippen LogP contribution in [-0.2, 0) is 11.3 Å². The van der Waals surface area contributed by atoms with Crippen LogP contribution in [0, 0.1) is 12.8 Å². The molecule has 2 aromatic carbocycles. The van der Waals surface area contributed by atoms with E-state index in [1.54, 1.807) is 0 Å². The fourth-order valence-corrected chi connectivity index (χ4v) is 4.27. The highest BCUT2D eigenvalue weighted by atomic mass is 32.2. The molecule has 0 aliphatic rings. The van der Waals surface area contributed by atoms with E-state index in [0.29, 0.717) is 17.6 Å². The number of nitrogens with one attached hydrogen (secondary N) is 1. The minimum Gasteiger partial charge on any atom is -0.352 e. The first-order chi connectivity index (χ1) is 15.3. The van der Waals surface area contributed by atoms with Crippen LogP contribution in [0.4, 0.5) is 0 Å². The van der Waals surface area contributed by atoms with E-state index in [-0.39, 0.29) is 17.2 Å². The number of fused-ring (bicyclic) bond motifs is 3. The highest BCUT2D eigenvalue weighted by molar-refractivity contribution is 8.00. The van der Waals surface area contributed by atoms with Gasteiger partial charge in [-0.15, -0.1) is 10.2 Å². The molecule has 166 valence electrons. The average molecular weight is 448 g/mol. The number of thioether (sulfide) groups is 1. The number of carbonyl (C=O) groups is 1. The Balaban J connectivity index is 1.70. The van der Waals surface area contributed by atoms with Crippen molar-refractivity contribution in [3.8, 4) is 0 Å². The Morgan fingerprint density at radius 1 is 1.06 bits per heavy atom. The lowest BCUT2D eigenvalue weighted by atomic mass is 10.1. The van der Waals surface area contributed by atoms with Crippen LogP contribution in [0.1, 0.15) is 38.8 Å². The Morgan fingerprint density at radius 2 is 1.81 bits per heavy atom. The molecule has 0 saturated heterocycles. The molecule has 0 radical (unpaired) electrons. The van der Waals surface area contributed by atoms with Gasteiger partial charge in [-0.05, 0) is 44.4 Å². The molecular formula is C25H29N5OS. The SMILES string of the molecule is Cc1ccc2c(c1)c1nnc(SC(C)C(=O)NC(C)C(C)C)nc1n2Cc1ccccc1. The number of aromatic nitrogens is 4. The molecule has 0 aliphatic carbocycles. The number of carbonyl (C=O) groups excluding carboxylic acids is 1. The van der Waals surface area contributed by atoms with E-state index in [0.717, 1.165) is 22.1 Å². The van der Waals surface area contributed by atoms with Crippen LogP contribution in [-0.4, -0.2) is 36.9 Å². The first-order valence-electron chi connectivity index (χ1n) is 11.0. The number of rotatable bonds is 7. The molecule has 4 rings (SSSR count). The van der Waals surface area contributed by atoms with Crippen LogP contribution in [0.2, 0.25) is 0 Å². The lowest BCUT2D eigenvalue weighted by molar-refractivity contribution is -0.121. The van der Waals surface area contributed by atoms with Crippen LogP contribution < -0.4 is 5.32 Å². The average Bonchev–Trinajstić information content (AvgIpc) is 3.06. The fraction of sp³-hybridized carbons (Fsp3) is 0.360. The van der Waals surface area contributed by atoms with Gasteiger partial charge in [-0.2, -0.15) is 0 Å². The second-order valence-corrected chi connectivity index (χ2v) is 9.97. The third-order valence-electron chi connectivity index (χ3n) is 5.81. The van der Waals surface area contributed by atoms with Gasteiger partial charge in [0.2, 0.25) is 11.1 Å². The van der Waals surface area contributed by atoms with Crippen molar-refractivity contribution in [3.05, 3.63) is 59.7 Å². The fourth-order valence-electron chi connectivity index (χ4n) is 3.55. The van der Waals surface area contributed by atoms with Gasteiger partial charge in [-0.25, -0.2) is 4.98 Å². The summed E-state index contributed by atoms with van der Waals surface area (Å²) in [6.45, 7) is 10.9. The Kier molecular flexibility index (Phi) is 6.46. The Bertz CT molecular complexity index is 1250. The largest absolute Gasteiger partial charge is 0.352 e. The topological polar surface area (TPSA) is 72.7 Å². The zero-order valence-electron chi connectivity index (χ0n) is 19.2. The highest BCUT2D eigenvalue weighted by Crippen LogP contribution is 2.29. The molecule has 1 amide bonds. The van der Waals surface area contributed by atoms with Gasteiger partial charge in [0.15, 0.2) is 5.65 Å². The summed E-state index contributed by atoms with van der Waals surface area (Å²) in [6, 6.07) is 16.8. The Labute approximate surface area is 192 Å². The van der Waals surface area contributed by atoms with Gasteiger partial charge < -0.3 is 9.88 Å². The van der Waals surface area contributed by atoms with E-state index in [9.17, 15) is 4.79 Å². The summed E-state index contributed by atoms with van der Waals surface area (Å²) < 4.78 is 2.18. The van der Waals surface area contributed by atoms with Gasteiger partial charge in [0, 0.05) is 18.0 Å². The molecule has 2 unspecified atom stereocenters. The van der Waals surface area contributed by atoms with Crippen molar-refractivity contribution >= 4 is 39.7 Å². The first kappa shape index (κ1) is 22.3. The van der Waals surface area contributed by atoms with Gasteiger partial charge in [0.05, 0.1) is 10.8 Å². The van der Waals surface area contributed by atoms with Crippen LogP contribution in [0.25, 0.3) is 22.1 Å². The van der Waals surface area contributed by atoms with Gasteiger partial charge in [0.1, 0.15) is 5.52 Å². The maximum Gasteiger partial charge on any atom is 0.233 e. The van der Waals surface area contributed by atoms with Crippen molar-refractivity contribution in [3.63, 3.8) is 0 Å². The minimum absolute atomic E-state index is 0.0136. The number of hydrogen-bond donors (Lipinski definition) is 1. The van der Waals surface area contributed by atoms with E-state index in [1.807, 2.05) is 32.0 Å². The van der Waals surface area contributed by atoms with Crippen LogP contribution in [0.3, 0.4) is 0 Å². The molecule has 2 aromatic heterocycles. The quantitative estimate of drug-likeness (QED) is 0.405. The molecule has 0 fully saturated rings. The summed E-state index contributed by atoms with van der Waals surface area (Å²) >= 11 is 1.34. The van der Waals surface area contributed by atoms with Crippen molar-refractivity contribution in [2.75, 3.05) is 0 Å². The standard InChI is InChI=1S/C25H29N5OS/c1-15(2)17(4)26-24(31)18(5)32-25-27-23-22(28-29-25)20-13-16(3)11-12-21(20)30(23)14-19-9-7-6-8-10-19/h6-13,15,17-18H,14H2,1-5H3,(H,26,31). The maximum atomic E-state index is 12.6. The smallest absolute Gasteiger partial charge is 0.233 e. The summed E-state index contributed by atoms with van der Waals surface area (Å²) in [5, 5.41) is 13.2. The van der Waals surface area contributed by atoms with Crippen molar-refractivity contribution in [1.82, 2.24) is 25.1 Å². The normalized spacial score (nSPS) is 13.6. The summed E-state index contributed by atoms with van der Waals surface area (Å²) in [5.74, 6) is 0.364. The highest BCUT2D eigenvalue weighted by Gasteiger charge is 2.21.